The average Bonchev–Trinajstić information content (AvgIpc) is 2.89. The Balaban J connectivity index is 1.95. The molecule has 106 valence electrons. The second kappa shape index (κ2) is 5.54. The van der Waals surface area contributed by atoms with E-state index in [4.69, 9.17) is 4.74 Å². The lowest BCUT2D eigenvalue weighted by Crippen LogP contribution is -2.03. The van der Waals surface area contributed by atoms with Gasteiger partial charge in [0.05, 0.1) is 9.88 Å². The molecule has 3 rings (SSSR count). The third-order valence-electron chi connectivity index (χ3n) is 3.12. The molecule has 0 spiro atoms. The molecule has 0 aliphatic rings. The van der Waals surface area contributed by atoms with Crippen molar-refractivity contribution in [3.8, 4) is 5.75 Å². The van der Waals surface area contributed by atoms with Crippen molar-refractivity contribution >= 4 is 28.1 Å². The van der Waals surface area contributed by atoms with Gasteiger partial charge in [-0.3, -0.25) is 0 Å². The van der Waals surface area contributed by atoms with Crippen LogP contribution in [0.5, 0.6) is 5.75 Å². The number of ether oxygens (including phenoxy) is 1. The molecule has 0 fully saturated rings. The maximum atomic E-state index is 11.4. The van der Waals surface area contributed by atoms with Crippen LogP contribution in [0, 0.1) is 6.92 Å². The first kappa shape index (κ1) is 13.6. The third kappa shape index (κ3) is 2.87. The van der Waals surface area contributed by atoms with Gasteiger partial charge in [-0.25, -0.2) is 9.78 Å². The van der Waals surface area contributed by atoms with Gasteiger partial charge in [0, 0.05) is 6.20 Å². The van der Waals surface area contributed by atoms with Gasteiger partial charge in [-0.2, -0.15) is 0 Å². The summed E-state index contributed by atoms with van der Waals surface area (Å²) in [6.45, 7) is 2.25. The molecule has 2 aromatic carbocycles. The highest BCUT2D eigenvalue weighted by atomic mass is 32.1. The zero-order chi connectivity index (χ0) is 14.8. The Morgan fingerprint density at radius 2 is 2.00 bits per heavy atom. The molecule has 0 radical (unpaired) electrons. The summed E-state index contributed by atoms with van der Waals surface area (Å²) in [6, 6.07) is 11.0. The second-order valence-corrected chi connectivity index (χ2v) is 5.95. The van der Waals surface area contributed by atoms with E-state index in [-0.39, 0.29) is 5.56 Å². The molecule has 3 aromatic rings. The SMILES string of the molecule is Cc1ncc(COc2cc3ccccc3cc2C(=O)O)s1. The number of fused-ring (bicyclic) bond motifs is 1. The predicted molar refractivity (Wildman–Crippen MR) is 82.1 cm³/mol. The van der Waals surface area contributed by atoms with E-state index in [1.54, 1.807) is 29.7 Å². The molecular formula is C16H13NO3S. The minimum absolute atomic E-state index is 0.176. The summed E-state index contributed by atoms with van der Waals surface area (Å²) in [5, 5.41) is 12.1. The molecule has 0 amide bonds. The Kier molecular flexibility index (Phi) is 3.58. The van der Waals surface area contributed by atoms with Crippen LogP contribution in [-0.2, 0) is 6.61 Å². The zero-order valence-corrected chi connectivity index (χ0v) is 12.2. The summed E-state index contributed by atoms with van der Waals surface area (Å²) in [5.74, 6) is -0.608. The molecule has 21 heavy (non-hydrogen) atoms. The van der Waals surface area contributed by atoms with Gasteiger partial charge in [0.25, 0.3) is 0 Å². The molecule has 1 heterocycles. The maximum absolute atomic E-state index is 11.4. The smallest absolute Gasteiger partial charge is 0.339 e. The quantitative estimate of drug-likeness (QED) is 0.794. The van der Waals surface area contributed by atoms with Crippen molar-refractivity contribution in [2.24, 2.45) is 0 Å². The molecule has 1 N–H and O–H groups in total. The monoisotopic (exact) mass is 299 g/mol. The molecule has 4 nitrogen and oxygen atoms in total. The molecule has 0 unspecified atom stereocenters. The summed E-state index contributed by atoms with van der Waals surface area (Å²) in [5.41, 5.74) is 0.176. The van der Waals surface area contributed by atoms with Crippen molar-refractivity contribution in [3.05, 3.63) is 58.0 Å². The van der Waals surface area contributed by atoms with Gasteiger partial charge in [0.2, 0.25) is 0 Å². The molecule has 0 saturated carbocycles. The summed E-state index contributed by atoms with van der Waals surface area (Å²) in [6.07, 6.45) is 1.75. The lowest BCUT2D eigenvalue weighted by Gasteiger charge is -2.10. The highest BCUT2D eigenvalue weighted by Gasteiger charge is 2.13. The van der Waals surface area contributed by atoms with Crippen molar-refractivity contribution in [1.29, 1.82) is 0 Å². The normalized spacial score (nSPS) is 10.7. The van der Waals surface area contributed by atoms with Crippen molar-refractivity contribution in [2.75, 3.05) is 0 Å². The van der Waals surface area contributed by atoms with E-state index in [9.17, 15) is 9.90 Å². The minimum atomic E-state index is -0.990. The van der Waals surface area contributed by atoms with Gasteiger partial charge in [-0.05, 0) is 29.8 Å². The van der Waals surface area contributed by atoms with E-state index in [0.29, 0.717) is 12.4 Å². The number of benzene rings is 2. The number of carboxylic acid groups (broad SMARTS) is 1. The van der Waals surface area contributed by atoms with E-state index in [1.807, 2.05) is 31.2 Å². The highest BCUT2D eigenvalue weighted by Crippen LogP contribution is 2.27. The van der Waals surface area contributed by atoms with E-state index in [1.165, 1.54) is 0 Å². The zero-order valence-electron chi connectivity index (χ0n) is 11.4. The molecule has 0 aliphatic carbocycles. The largest absolute Gasteiger partial charge is 0.487 e. The lowest BCUT2D eigenvalue weighted by atomic mass is 10.1. The predicted octanol–water partition coefficient (Wildman–Crippen LogP) is 3.88. The van der Waals surface area contributed by atoms with Gasteiger partial charge < -0.3 is 9.84 Å². The molecule has 1 aromatic heterocycles. The third-order valence-corrected chi connectivity index (χ3v) is 4.00. The van der Waals surface area contributed by atoms with Crippen LogP contribution in [0.2, 0.25) is 0 Å². The number of nitrogens with zero attached hydrogens (tertiary/aromatic N) is 1. The van der Waals surface area contributed by atoms with Crippen molar-refractivity contribution in [3.63, 3.8) is 0 Å². The van der Waals surface area contributed by atoms with Crippen LogP contribution in [0.15, 0.2) is 42.6 Å². The number of aromatic nitrogens is 1. The molecule has 0 saturated heterocycles. The van der Waals surface area contributed by atoms with Crippen LogP contribution in [0.3, 0.4) is 0 Å². The van der Waals surface area contributed by atoms with Crippen molar-refractivity contribution < 1.29 is 14.6 Å². The number of hydrogen-bond donors (Lipinski definition) is 1. The Morgan fingerprint density at radius 1 is 1.29 bits per heavy atom. The van der Waals surface area contributed by atoms with Crippen LogP contribution >= 0.6 is 11.3 Å². The van der Waals surface area contributed by atoms with Gasteiger partial charge in [0.1, 0.15) is 17.9 Å². The number of aromatic carboxylic acids is 1. The minimum Gasteiger partial charge on any atom is -0.487 e. The Hall–Kier alpha value is -2.40. The second-order valence-electron chi connectivity index (χ2n) is 4.63. The fraction of sp³-hybridized carbons (Fsp3) is 0.125. The molecule has 0 bridgehead atoms. The van der Waals surface area contributed by atoms with Crippen molar-refractivity contribution in [1.82, 2.24) is 4.98 Å². The van der Waals surface area contributed by atoms with Crippen LogP contribution in [-0.4, -0.2) is 16.1 Å². The van der Waals surface area contributed by atoms with Gasteiger partial charge >= 0.3 is 5.97 Å². The molecule has 0 aliphatic heterocycles. The van der Waals surface area contributed by atoms with E-state index in [0.717, 1.165) is 20.7 Å². The Morgan fingerprint density at radius 3 is 2.62 bits per heavy atom. The van der Waals surface area contributed by atoms with Crippen LogP contribution in [0.25, 0.3) is 10.8 Å². The van der Waals surface area contributed by atoms with E-state index < -0.39 is 5.97 Å². The summed E-state index contributed by atoms with van der Waals surface area (Å²) >= 11 is 1.54. The standard InChI is InChI=1S/C16H13NO3S/c1-10-17-8-13(21-10)9-20-15-7-12-5-3-2-4-11(12)6-14(15)16(18)19/h2-8H,9H2,1H3,(H,18,19). The fourth-order valence-corrected chi connectivity index (χ4v) is 2.84. The van der Waals surface area contributed by atoms with E-state index in [2.05, 4.69) is 4.98 Å². The van der Waals surface area contributed by atoms with Crippen LogP contribution in [0.1, 0.15) is 20.2 Å². The van der Waals surface area contributed by atoms with Gasteiger partial charge in [-0.1, -0.05) is 24.3 Å². The van der Waals surface area contributed by atoms with E-state index >= 15 is 0 Å². The number of rotatable bonds is 4. The highest BCUT2D eigenvalue weighted by molar-refractivity contribution is 7.11. The van der Waals surface area contributed by atoms with Gasteiger partial charge in [0.15, 0.2) is 0 Å². The molecule has 0 atom stereocenters. The molecular weight excluding hydrogens is 286 g/mol. The Bertz CT molecular complexity index is 810. The number of aryl methyl sites for hydroxylation is 1. The summed E-state index contributed by atoms with van der Waals surface area (Å²) < 4.78 is 5.70. The maximum Gasteiger partial charge on any atom is 0.339 e. The first-order chi connectivity index (χ1) is 10.1. The fourth-order valence-electron chi connectivity index (χ4n) is 2.13. The van der Waals surface area contributed by atoms with Gasteiger partial charge in [-0.15, -0.1) is 11.3 Å². The number of thiazole rings is 1. The number of carbonyl (C=O) groups is 1. The lowest BCUT2D eigenvalue weighted by molar-refractivity contribution is 0.0692. The first-order valence-electron chi connectivity index (χ1n) is 6.43. The summed E-state index contributed by atoms with van der Waals surface area (Å²) in [4.78, 5) is 16.5. The summed E-state index contributed by atoms with van der Waals surface area (Å²) in [7, 11) is 0. The van der Waals surface area contributed by atoms with Crippen molar-refractivity contribution in [2.45, 2.75) is 13.5 Å². The number of carboxylic acids is 1. The first-order valence-corrected chi connectivity index (χ1v) is 7.25. The molecule has 5 heteroatoms. The number of hydrogen-bond acceptors (Lipinski definition) is 4. The average molecular weight is 299 g/mol. The van der Waals surface area contributed by atoms with Crippen LogP contribution < -0.4 is 4.74 Å². The topological polar surface area (TPSA) is 59.4 Å². The Labute approximate surface area is 125 Å². The van der Waals surface area contributed by atoms with Crippen LogP contribution in [0.4, 0.5) is 0 Å².